The van der Waals surface area contributed by atoms with Crippen molar-refractivity contribution in [2.45, 2.75) is 46.2 Å². The molecule has 0 bridgehead atoms. The predicted octanol–water partition coefficient (Wildman–Crippen LogP) is 4.51. The van der Waals surface area contributed by atoms with E-state index in [2.05, 4.69) is 70.5 Å². The van der Waals surface area contributed by atoms with Crippen LogP contribution in [0.1, 0.15) is 51.8 Å². The zero-order chi connectivity index (χ0) is 13.2. The van der Waals surface area contributed by atoms with Crippen LogP contribution >= 0.6 is 0 Å². The molecule has 0 saturated heterocycles. The molecule has 0 N–H and O–H groups in total. The molecule has 0 aliphatic heterocycles. The molecule has 1 rings (SSSR count). The standard InChI is InChI=1S/C16H25N/c1-12(2)14-8-10-15(11-9-14)13(3)17(7)16(4,5)6/h8-11,13H,1H2,2-7H3. The first kappa shape index (κ1) is 14.0. The van der Waals surface area contributed by atoms with Gasteiger partial charge in [-0.15, -0.1) is 0 Å². The van der Waals surface area contributed by atoms with Gasteiger partial charge in [-0.1, -0.05) is 36.4 Å². The molecular weight excluding hydrogens is 206 g/mol. The Morgan fingerprint density at radius 3 is 2.00 bits per heavy atom. The molecular formula is C16H25N. The zero-order valence-corrected chi connectivity index (χ0v) is 12.0. The molecule has 1 aromatic rings. The van der Waals surface area contributed by atoms with Crippen molar-refractivity contribution in [2.24, 2.45) is 0 Å². The molecule has 1 atom stereocenters. The Balaban J connectivity index is 2.90. The van der Waals surface area contributed by atoms with Gasteiger partial charge in [-0.3, -0.25) is 4.90 Å². The highest BCUT2D eigenvalue weighted by Gasteiger charge is 2.22. The van der Waals surface area contributed by atoms with Gasteiger partial charge in [0.2, 0.25) is 0 Å². The predicted molar refractivity (Wildman–Crippen MR) is 77.1 cm³/mol. The summed E-state index contributed by atoms with van der Waals surface area (Å²) in [6, 6.07) is 9.15. The van der Waals surface area contributed by atoms with Crippen molar-refractivity contribution in [3.8, 4) is 0 Å². The van der Waals surface area contributed by atoms with Gasteiger partial charge in [-0.2, -0.15) is 0 Å². The molecule has 0 radical (unpaired) electrons. The molecule has 1 heteroatoms. The van der Waals surface area contributed by atoms with Crippen molar-refractivity contribution >= 4 is 5.57 Å². The van der Waals surface area contributed by atoms with Crippen molar-refractivity contribution in [3.63, 3.8) is 0 Å². The molecule has 1 unspecified atom stereocenters. The lowest BCUT2D eigenvalue weighted by Gasteiger charge is -2.37. The largest absolute Gasteiger partial charge is 0.295 e. The molecule has 0 spiro atoms. The number of rotatable bonds is 3. The van der Waals surface area contributed by atoms with Gasteiger partial charge >= 0.3 is 0 Å². The fraction of sp³-hybridized carbons (Fsp3) is 0.500. The summed E-state index contributed by atoms with van der Waals surface area (Å²) >= 11 is 0. The quantitative estimate of drug-likeness (QED) is 0.739. The summed E-state index contributed by atoms with van der Waals surface area (Å²) < 4.78 is 0. The first-order chi connectivity index (χ1) is 7.73. The second-order valence-corrected chi connectivity index (χ2v) is 5.86. The number of hydrogen-bond acceptors (Lipinski definition) is 1. The van der Waals surface area contributed by atoms with Crippen LogP contribution in [0.3, 0.4) is 0 Å². The van der Waals surface area contributed by atoms with Crippen molar-refractivity contribution < 1.29 is 0 Å². The molecule has 17 heavy (non-hydrogen) atoms. The Kier molecular flexibility index (Phi) is 4.16. The maximum atomic E-state index is 3.96. The summed E-state index contributed by atoms with van der Waals surface area (Å²) in [4.78, 5) is 2.39. The first-order valence-corrected chi connectivity index (χ1v) is 6.22. The first-order valence-electron chi connectivity index (χ1n) is 6.22. The highest BCUT2D eigenvalue weighted by molar-refractivity contribution is 5.61. The summed E-state index contributed by atoms with van der Waals surface area (Å²) in [6.45, 7) is 15.0. The highest BCUT2D eigenvalue weighted by atomic mass is 15.2. The fourth-order valence-electron chi connectivity index (χ4n) is 1.85. The third-order valence-electron chi connectivity index (χ3n) is 3.52. The van der Waals surface area contributed by atoms with E-state index in [0.717, 1.165) is 5.57 Å². The summed E-state index contributed by atoms with van der Waals surface area (Å²) in [6.07, 6.45) is 0. The van der Waals surface area contributed by atoms with Crippen LogP contribution in [0.2, 0.25) is 0 Å². The molecule has 0 heterocycles. The lowest BCUT2D eigenvalue weighted by atomic mass is 9.98. The Morgan fingerprint density at radius 2 is 1.65 bits per heavy atom. The van der Waals surface area contributed by atoms with Crippen LogP contribution in [-0.2, 0) is 0 Å². The molecule has 0 amide bonds. The van der Waals surface area contributed by atoms with Crippen LogP contribution in [0, 0.1) is 0 Å². The van der Waals surface area contributed by atoms with E-state index in [9.17, 15) is 0 Å². The Bertz CT molecular complexity index is 381. The van der Waals surface area contributed by atoms with E-state index in [4.69, 9.17) is 0 Å². The number of benzene rings is 1. The summed E-state index contributed by atoms with van der Waals surface area (Å²) in [5, 5.41) is 0. The second-order valence-electron chi connectivity index (χ2n) is 5.86. The molecule has 0 fully saturated rings. The monoisotopic (exact) mass is 231 g/mol. The van der Waals surface area contributed by atoms with E-state index in [1.165, 1.54) is 11.1 Å². The molecule has 94 valence electrons. The van der Waals surface area contributed by atoms with E-state index < -0.39 is 0 Å². The minimum absolute atomic E-state index is 0.187. The van der Waals surface area contributed by atoms with Crippen molar-refractivity contribution in [2.75, 3.05) is 7.05 Å². The van der Waals surface area contributed by atoms with Gasteiger partial charge < -0.3 is 0 Å². The Hall–Kier alpha value is -1.08. The average molecular weight is 231 g/mol. The maximum absolute atomic E-state index is 3.96. The SMILES string of the molecule is C=C(C)c1ccc(C(C)N(C)C(C)(C)C)cc1. The highest BCUT2D eigenvalue weighted by Crippen LogP contribution is 2.26. The van der Waals surface area contributed by atoms with Gasteiger partial charge in [0.15, 0.2) is 0 Å². The molecule has 0 aliphatic rings. The lowest BCUT2D eigenvalue weighted by Crippen LogP contribution is -2.39. The maximum Gasteiger partial charge on any atom is 0.0322 e. The van der Waals surface area contributed by atoms with Gasteiger partial charge in [0.25, 0.3) is 0 Å². The van der Waals surface area contributed by atoms with E-state index in [0.29, 0.717) is 6.04 Å². The van der Waals surface area contributed by atoms with Crippen molar-refractivity contribution in [3.05, 3.63) is 42.0 Å². The molecule has 0 saturated carbocycles. The Morgan fingerprint density at radius 1 is 1.18 bits per heavy atom. The summed E-state index contributed by atoms with van der Waals surface area (Å²) in [5.41, 5.74) is 3.88. The smallest absolute Gasteiger partial charge is 0.0322 e. The minimum Gasteiger partial charge on any atom is -0.295 e. The van der Waals surface area contributed by atoms with Crippen molar-refractivity contribution in [1.29, 1.82) is 0 Å². The van der Waals surface area contributed by atoms with Gasteiger partial charge in [-0.25, -0.2) is 0 Å². The van der Waals surface area contributed by atoms with Gasteiger partial charge in [0.1, 0.15) is 0 Å². The third kappa shape index (κ3) is 3.44. The summed E-state index contributed by atoms with van der Waals surface area (Å²) in [7, 11) is 2.18. The fourth-order valence-corrected chi connectivity index (χ4v) is 1.85. The molecule has 0 aliphatic carbocycles. The minimum atomic E-state index is 0.187. The van der Waals surface area contributed by atoms with Gasteiger partial charge in [0.05, 0.1) is 0 Å². The van der Waals surface area contributed by atoms with Crippen LogP contribution in [0.25, 0.3) is 5.57 Å². The van der Waals surface area contributed by atoms with E-state index >= 15 is 0 Å². The number of allylic oxidation sites excluding steroid dienone is 1. The van der Waals surface area contributed by atoms with Crippen molar-refractivity contribution in [1.82, 2.24) is 4.90 Å². The van der Waals surface area contributed by atoms with E-state index in [1.54, 1.807) is 0 Å². The molecule has 1 aromatic carbocycles. The van der Waals surface area contributed by atoms with Crippen LogP contribution < -0.4 is 0 Å². The zero-order valence-electron chi connectivity index (χ0n) is 12.0. The lowest BCUT2D eigenvalue weighted by molar-refractivity contribution is 0.126. The average Bonchev–Trinajstić information content (AvgIpc) is 2.26. The van der Waals surface area contributed by atoms with Gasteiger partial charge in [-0.05, 0) is 52.8 Å². The van der Waals surface area contributed by atoms with E-state index in [1.807, 2.05) is 6.92 Å². The van der Waals surface area contributed by atoms with Crippen LogP contribution in [-0.4, -0.2) is 17.5 Å². The second kappa shape index (κ2) is 5.05. The number of hydrogen-bond donors (Lipinski definition) is 0. The number of nitrogens with zero attached hydrogens (tertiary/aromatic N) is 1. The molecule has 0 aromatic heterocycles. The molecule has 1 nitrogen and oxygen atoms in total. The Labute approximate surface area is 106 Å². The van der Waals surface area contributed by atoms with Crippen LogP contribution in [0.15, 0.2) is 30.8 Å². The van der Waals surface area contributed by atoms with E-state index in [-0.39, 0.29) is 5.54 Å². The third-order valence-corrected chi connectivity index (χ3v) is 3.52. The van der Waals surface area contributed by atoms with Gasteiger partial charge in [0, 0.05) is 11.6 Å². The van der Waals surface area contributed by atoms with Crippen LogP contribution in [0.5, 0.6) is 0 Å². The van der Waals surface area contributed by atoms with Crippen LogP contribution in [0.4, 0.5) is 0 Å². The summed E-state index contributed by atoms with van der Waals surface area (Å²) in [5.74, 6) is 0. The normalized spacial score (nSPS) is 13.8. The topological polar surface area (TPSA) is 3.24 Å².